The van der Waals surface area contributed by atoms with Gasteiger partial charge in [-0.2, -0.15) is 0 Å². The minimum absolute atomic E-state index is 0.692. The van der Waals surface area contributed by atoms with Crippen molar-refractivity contribution in [3.05, 3.63) is 59.4 Å². The van der Waals surface area contributed by atoms with E-state index in [1.165, 1.54) is 0 Å². The molecule has 0 aliphatic rings. The Bertz CT molecular complexity index is 1300. The highest BCUT2D eigenvalue weighted by Gasteiger charge is 2.16. The fraction of sp³-hybridized carbons (Fsp3) is 0.357. The van der Waals surface area contributed by atoms with E-state index < -0.39 is 0 Å². The molecule has 0 atom stereocenters. The molecule has 0 aliphatic carbocycles. The van der Waals surface area contributed by atoms with E-state index in [0.717, 1.165) is 87.4 Å². The molecule has 2 aromatic carbocycles. The molecule has 0 fully saturated rings. The Balaban J connectivity index is 1.87. The highest BCUT2D eigenvalue weighted by Crippen LogP contribution is 2.36. The van der Waals surface area contributed by atoms with Crippen LogP contribution in [0.1, 0.15) is 43.5 Å². The van der Waals surface area contributed by atoms with E-state index in [1.807, 2.05) is 24.4 Å². The van der Waals surface area contributed by atoms with E-state index >= 15 is 0 Å². The zero-order chi connectivity index (χ0) is 24.1. The third kappa shape index (κ3) is 4.72. The second-order valence-electron chi connectivity index (χ2n) is 8.39. The van der Waals surface area contributed by atoms with Gasteiger partial charge < -0.3 is 19.5 Å². The molecule has 0 spiro atoms. The summed E-state index contributed by atoms with van der Waals surface area (Å²) in [7, 11) is 5.02. The fourth-order valence-electron chi connectivity index (χ4n) is 4.32. The lowest BCUT2D eigenvalue weighted by Crippen LogP contribution is -2.07. The lowest BCUT2D eigenvalue weighted by molar-refractivity contribution is 0.356. The van der Waals surface area contributed by atoms with Crippen LogP contribution in [0.3, 0.4) is 0 Å². The van der Waals surface area contributed by atoms with E-state index in [0.29, 0.717) is 6.42 Å². The molecular formula is C28H33N3O3. The zero-order valence-electron chi connectivity index (χ0n) is 20.7. The van der Waals surface area contributed by atoms with Crippen molar-refractivity contribution in [2.24, 2.45) is 0 Å². The van der Waals surface area contributed by atoms with Crippen molar-refractivity contribution >= 4 is 27.5 Å². The molecular weight excluding hydrogens is 426 g/mol. The summed E-state index contributed by atoms with van der Waals surface area (Å²) < 4.78 is 16.6. The molecule has 0 bridgehead atoms. The van der Waals surface area contributed by atoms with Crippen LogP contribution in [0, 0.1) is 0 Å². The molecule has 34 heavy (non-hydrogen) atoms. The molecule has 0 saturated carbocycles. The van der Waals surface area contributed by atoms with Gasteiger partial charge in [0.2, 0.25) is 0 Å². The summed E-state index contributed by atoms with van der Waals surface area (Å²) in [5.41, 5.74) is 4.26. The molecule has 178 valence electrons. The number of hydrogen-bond donors (Lipinski definition) is 1. The van der Waals surface area contributed by atoms with Crippen LogP contribution >= 0.6 is 0 Å². The van der Waals surface area contributed by atoms with Gasteiger partial charge in [0.05, 0.1) is 26.8 Å². The molecule has 6 nitrogen and oxygen atoms in total. The number of hydrogen-bond acceptors (Lipinski definition) is 6. The van der Waals surface area contributed by atoms with Crippen molar-refractivity contribution in [1.82, 2.24) is 9.97 Å². The van der Waals surface area contributed by atoms with Crippen LogP contribution in [-0.4, -0.2) is 37.8 Å². The maximum Gasteiger partial charge on any atom is 0.161 e. The van der Waals surface area contributed by atoms with Crippen molar-refractivity contribution in [2.45, 2.75) is 39.5 Å². The number of fused-ring (bicyclic) bond motifs is 2. The quantitative estimate of drug-likeness (QED) is 0.306. The predicted molar refractivity (Wildman–Crippen MR) is 139 cm³/mol. The van der Waals surface area contributed by atoms with Crippen molar-refractivity contribution in [2.75, 3.05) is 33.2 Å². The summed E-state index contributed by atoms with van der Waals surface area (Å²) in [6, 6.07) is 12.3. The molecule has 0 saturated heterocycles. The van der Waals surface area contributed by atoms with Gasteiger partial charge in [-0.05, 0) is 65.8 Å². The Kier molecular flexibility index (Phi) is 7.36. The molecule has 0 aliphatic heterocycles. The normalized spacial score (nSPS) is 11.1. The maximum absolute atomic E-state index is 5.63. The number of anilines is 1. The third-order valence-corrected chi connectivity index (χ3v) is 6.07. The van der Waals surface area contributed by atoms with E-state index in [-0.39, 0.29) is 0 Å². The summed E-state index contributed by atoms with van der Waals surface area (Å²) in [5, 5.41) is 6.80. The molecule has 6 heteroatoms. The highest BCUT2D eigenvalue weighted by atomic mass is 16.5. The summed E-state index contributed by atoms with van der Waals surface area (Å²) in [6.07, 6.45) is 5.65. The smallest absolute Gasteiger partial charge is 0.161 e. The second-order valence-corrected chi connectivity index (χ2v) is 8.39. The first kappa shape index (κ1) is 23.6. The number of benzene rings is 2. The minimum Gasteiger partial charge on any atom is -0.497 e. The number of methoxy groups -OCH3 is 3. The van der Waals surface area contributed by atoms with Crippen LogP contribution in [0.4, 0.5) is 5.82 Å². The zero-order valence-corrected chi connectivity index (χ0v) is 20.7. The van der Waals surface area contributed by atoms with Gasteiger partial charge in [0.25, 0.3) is 0 Å². The van der Waals surface area contributed by atoms with Gasteiger partial charge in [-0.15, -0.1) is 0 Å². The van der Waals surface area contributed by atoms with Crippen molar-refractivity contribution in [3.63, 3.8) is 0 Å². The molecule has 0 amide bonds. The monoisotopic (exact) mass is 459 g/mol. The van der Waals surface area contributed by atoms with Crippen molar-refractivity contribution in [1.29, 1.82) is 0 Å². The average Bonchev–Trinajstić information content (AvgIpc) is 2.87. The topological polar surface area (TPSA) is 65.5 Å². The number of pyridine rings is 2. The highest BCUT2D eigenvalue weighted by molar-refractivity contribution is 5.91. The first-order valence-corrected chi connectivity index (χ1v) is 11.9. The van der Waals surface area contributed by atoms with Crippen molar-refractivity contribution in [3.8, 4) is 17.2 Å². The van der Waals surface area contributed by atoms with Crippen LogP contribution in [0.25, 0.3) is 21.7 Å². The Hall–Kier alpha value is -3.54. The van der Waals surface area contributed by atoms with Crippen molar-refractivity contribution < 1.29 is 14.2 Å². The Morgan fingerprint density at radius 1 is 0.824 bits per heavy atom. The fourth-order valence-corrected chi connectivity index (χ4v) is 4.32. The molecule has 2 aromatic heterocycles. The SMILES string of the molecule is CCCNc1nc2ccc(OC)cc2cc1Cc1cnc(CCC)c2cc(OC)c(OC)cc12. The van der Waals surface area contributed by atoms with Gasteiger partial charge in [0.15, 0.2) is 11.5 Å². The van der Waals surface area contributed by atoms with Crippen LogP contribution in [0.5, 0.6) is 17.2 Å². The average molecular weight is 460 g/mol. The maximum atomic E-state index is 5.63. The van der Waals surface area contributed by atoms with Gasteiger partial charge in [0, 0.05) is 35.6 Å². The lowest BCUT2D eigenvalue weighted by Gasteiger charge is -2.16. The Morgan fingerprint density at radius 2 is 1.59 bits per heavy atom. The first-order valence-electron chi connectivity index (χ1n) is 11.9. The van der Waals surface area contributed by atoms with Crippen LogP contribution in [-0.2, 0) is 12.8 Å². The number of aryl methyl sites for hydroxylation is 1. The lowest BCUT2D eigenvalue weighted by atomic mass is 9.97. The largest absolute Gasteiger partial charge is 0.497 e. The molecule has 4 rings (SSSR count). The van der Waals surface area contributed by atoms with E-state index in [1.54, 1.807) is 21.3 Å². The molecule has 1 N–H and O–H groups in total. The molecule has 0 unspecified atom stereocenters. The third-order valence-electron chi connectivity index (χ3n) is 6.07. The van der Waals surface area contributed by atoms with Crippen LogP contribution in [0.15, 0.2) is 42.6 Å². The molecule has 4 aromatic rings. The van der Waals surface area contributed by atoms with E-state index in [4.69, 9.17) is 24.2 Å². The second kappa shape index (κ2) is 10.6. The first-order chi connectivity index (χ1) is 16.6. The predicted octanol–water partition coefficient (Wildman–Crippen LogP) is 6.17. The number of nitrogens with zero attached hydrogens (tertiary/aromatic N) is 2. The number of ether oxygens (including phenoxy) is 3. The van der Waals surface area contributed by atoms with Gasteiger partial charge in [-0.1, -0.05) is 20.3 Å². The van der Waals surface area contributed by atoms with Gasteiger partial charge >= 0.3 is 0 Å². The molecule has 2 heterocycles. The summed E-state index contributed by atoms with van der Waals surface area (Å²) in [6.45, 7) is 5.19. The minimum atomic E-state index is 0.692. The Labute approximate surface area is 201 Å². The molecule has 0 radical (unpaired) electrons. The Morgan fingerprint density at radius 3 is 2.26 bits per heavy atom. The summed E-state index contributed by atoms with van der Waals surface area (Å²) in [4.78, 5) is 9.79. The van der Waals surface area contributed by atoms with E-state index in [2.05, 4.69) is 37.4 Å². The number of nitrogens with one attached hydrogen (secondary N) is 1. The van der Waals surface area contributed by atoms with Gasteiger partial charge in [-0.3, -0.25) is 4.98 Å². The van der Waals surface area contributed by atoms with E-state index in [9.17, 15) is 0 Å². The van der Waals surface area contributed by atoms with Gasteiger partial charge in [0.1, 0.15) is 11.6 Å². The summed E-state index contributed by atoms with van der Waals surface area (Å²) >= 11 is 0. The number of rotatable bonds is 10. The standard InChI is InChI=1S/C28H33N3O3/c1-6-8-25-23-16-27(34-5)26(33-4)15-22(23)20(17-30-25)13-19-12-18-14-21(32-3)9-10-24(18)31-28(19)29-11-7-2/h9-10,12,14-17H,6-8,11,13H2,1-5H3,(H,29,31). The van der Waals surface area contributed by atoms with Crippen LogP contribution in [0.2, 0.25) is 0 Å². The van der Waals surface area contributed by atoms with Gasteiger partial charge in [-0.25, -0.2) is 4.98 Å². The number of aromatic nitrogens is 2. The summed E-state index contributed by atoms with van der Waals surface area (Å²) in [5.74, 6) is 3.17. The van der Waals surface area contributed by atoms with Crippen LogP contribution < -0.4 is 19.5 Å².